The number of aliphatic carboxylic acids is 1. The van der Waals surface area contributed by atoms with Gasteiger partial charge in [-0.05, 0) is 33.7 Å². The zero-order valence-corrected chi connectivity index (χ0v) is 26.8. The number of esters is 1. The van der Waals surface area contributed by atoms with E-state index < -0.39 is 53.0 Å². The topological polar surface area (TPSA) is 220 Å². The molecule has 1 unspecified atom stereocenters. The van der Waals surface area contributed by atoms with E-state index in [-0.39, 0.29) is 34.2 Å². The van der Waals surface area contributed by atoms with Crippen LogP contribution in [-0.4, -0.2) is 93.6 Å². The van der Waals surface area contributed by atoms with Crippen molar-refractivity contribution in [2.24, 2.45) is 12.8 Å². The Morgan fingerprint density at radius 2 is 1.89 bits per heavy atom. The van der Waals surface area contributed by atoms with Gasteiger partial charge in [0.15, 0.2) is 0 Å². The number of thioether (sulfide) groups is 2. The number of hydrogen-bond donors (Lipinski definition) is 3. The van der Waals surface area contributed by atoms with Crippen LogP contribution in [0.1, 0.15) is 35.8 Å². The summed E-state index contributed by atoms with van der Waals surface area (Å²) in [6.07, 6.45) is 0. The number of nitrogens with two attached hydrogens (primary N) is 1. The number of rotatable bonds is 10. The van der Waals surface area contributed by atoms with Crippen molar-refractivity contribution in [3.8, 4) is 5.75 Å². The largest absolute Gasteiger partial charge is 0.477 e. The molecule has 244 valence electrons. The van der Waals surface area contributed by atoms with Gasteiger partial charge in [0, 0.05) is 44.2 Å². The third-order valence-corrected chi connectivity index (χ3v) is 9.55. The molecule has 3 aromatic rings. The molecule has 1 aromatic heterocycles. The molecule has 0 bridgehead atoms. The van der Waals surface area contributed by atoms with Crippen LogP contribution in [0.2, 0.25) is 0 Å². The lowest BCUT2D eigenvalue weighted by atomic mass is 9.97. The van der Waals surface area contributed by atoms with Crippen molar-refractivity contribution in [1.82, 2.24) is 30.0 Å². The number of nitrogens with one attached hydrogen (secondary N) is 1. The summed E-state index contributed by atoms with van der Waals surface area (Å²) in [5, 5.41) is 23.4. The Morgan fingerprint density at radius 1 is 1.17 bits per heavy atom. The monoisotopic (exact) mass is 680 g/mol. The van der Waals surface area contributed by atoms with Crippen molar-refractivity contribution in [3.05, 3.63) is 70.9 Å². The number of carbonyl (C=O) groups excluding carboxylic acids is 5. The molecule has 0 saturated carbocycles. The molecule has 3 atom stereocenters. The highest BCUT2D eigenvalue weighted by Crippen LogP contribution is 2.44. The molecule has 3 heterocycles. The predicted octanol–water partition coefficient (Wildman–Crippen LogP) is 1.18. The van der Waals surface area contributed by atoms with Crippen molar-refractivity contribution in [2.45, 2.75) is 36.5 Å². The molecule has 0 aliphatic carbocycles. The number of amides is 4. The lowest BCUT2D eigenvalue weighted by Gasteiger charge is -2.52. The van der Waals surface area contributed by atoms with Gasteiger partial charge in [-0.15, -0.1) is 16.9 Å². The Morgan fingerprint density at radius 3 is 2.51 bits per heavy atom. The van der Waals surface area contributed by atoms with Crippen LogP contribution in [0.4, 0.5) is 5.69 Å². The highest BCUT2D eigenvalue weighted by molar-refractivity contribution is 8.01. The average Bonchev–Trinajstić information content (AvgIpc) is 3.45. The number of nitrogens with zero attached hydrogens (tertiary/aromatic N) is 6. The minimum atomic E-state index is -1.44. The predicted molar refractivity (Wildman–Crippen MR) is 168 cm³/mol. The number of carbonyl (C=O) groups is 6. The standard InChI is InChI=1S/C29H28N8O8S2/c1-14(38)31-18-9-10-19(20(11-18)45-15(2)39)24(40)36(25(41)21(30)16-7-5-4-6-8-16)23-26(42)37-22(28(43)44)17(12-46-27(23)37)13-47-29-32-33-34-35(29)3/h4-11,21,23,27H,12-13,30H2,1-3H3,(H,31,38)(H,43,44)/t21-,23?,27-/m1/s1. The maximum absolute atomic E-state index is 14.3. The number of benzene rings is 2. The molecule has 4 N–H and O–H groups in total. The van der Waals surface area contributed by atoms with Crippen LogP contribution in [0.3, 0.4) is 0 Å². The number of anilines is 1. The van der Waals surface area contributed by atoms with Gasteiger partial charge in [0.1, 0.15) is 28.9 Å². The van der Waals surface area contributed by atoms with Crippen molar-refractivity contribution >= 4 is 64.8 Å². The summed E-state index contributed by atoms with van der Waals surface area (Å²) in [7, 11) is 1.63. The summed E-state index contributed by atoms with van der Waals surface area (Å²) in [6.45, 7) is 2.37. The molecule has 1 fully saturated rings. The van der Waals surface area contributed by atoms with E-state index in [1.807, 2.05) is 0 Å². The quantitative estimate of drug-likeness (QED) is 0.119. The minimum Gasteiger partial charge on any atom is -0.477 e. The minimum absolute atomic E-state index is 0.163. The average molecular weight is 681 g/mol. The van der Waals surface area contributed by atoms with Gasteiger partial charge in [0.05, 0.1) is 5.56 Å². The molecule has 4 amide bonds. The van der Waals surface area contributed by atoms with Crippen LogP contribution in [0.15, 0.2) is 65.0 Å². The van der Waals surface area contributed by atoms with Crippen molar-refractivity contribution < 1.29 is 38.6 Å². The fraction of sp³-hybridized carbons (Fsp3) is 0.276. The van der Waals surface area contributed by atoms with Crippen molar-refractivity contribution in [3.63, 3.8) is 0 Å². The first-order chi connectivity index (χ1) is 22.4. The second kappa shape index (κ2) is 13.7. The molecule has 0 spiro atoms. The Hall–Kier alpha value is -5.07. The van der Waals surface area contributed by atoms with E-state index in [4.69, 9.17) is 10.5 Å². The number of imide groups is 1. The molecular formula is C29H28N8O8S2. The molecule has 47 heavy (non-hydrogen) atoms. The Kier molecular flexibility index (Phi) is 9.73. The van der Waals surface area contributed by atoms with E-state index in [0.29, 0.717) is 21.2 Å². The van der Waals surface area contributed by atoms with E-state index in [1.165, 1.54) is 53.3 Å². The van der Waals surface area contributed by atoms with Crippen molar-refractivity contribution in [1.29, 1.82) is 0 Å². The number of aryl methyl sites for hydroxylation is 1. The highest BCUT2D eigenvalue weighted by atomic mass is 32.2. The molecular weight excluding hydrogens is 653 g/mol. The molecule has 2 aromatic carbocycles. The van der Waals surface area contributed by atoms with Gasteiger partial charge >= 0.3 is 11.9 Å². The number of carboxylic acids is 1. The number of β-lactam (4-membered cyclic amide) rings is 1. The van der Waals surface area contributed by atoms with E-state index in [2.05, 4.69) is 20.8 Å². The van der Waals surface area contributed by atoms with E-state index in [0.717, 1.165) is 11.8 Å². The van der Waals surface area contributed by atoms with Gasteiger partial charge in [0.25, 0.3) is 17.7 Å². The van der Waals surface area contributed by atoms with Crippen LogP contribution < -0.4 is 15.8 Å². The first-order valence-corrected chi connectivity index (χ1v) is 16.0. The summed E-state index contributed by atoms with van der Waals surface area (Å²) in [4.78, 5) is 80.1. The van der Waals surface area contributed by atoms with Gasteiger partial charge < -0.3 is 20.9 Å². The number of carboxylic acid groups (broad SMARTS) is 1. The smallest absolute Gasteiger partial charge is 0.352 e. The molecule has 5 rings (SSSR count). The summed E-state index contributed by atoms with van der Waals surface area (Å²) in [5.74, 6) is -5.27. The van der Waals surface area contributed by atoms with Gasteiger partial charge in [0.2, 0.25) is 11.1 Å². The molecule has 18 heteroatoms. The van der Waals surface area contributed by atoms with Crippen LogP contribution in [-0.2, 0) is 31.0 Å². The lowest BCUT2D eigenvalue weighted by Crippen LogP contribution is -2.72. The zero-order valence-electron chi connectivity index (χ0n) is 25.1. The Labute approximate surface area is 275 Å². The third-order valence-electron chi connectivity index (χ3n) is 7.12. The Balaban J connectivity index is 1.53. The maximum Gasteiger partial charge on any atom is 0.352 e. The Bertz CT molecular complexity index is 1810. The molecule has 1 saturated heterocycles. The number of aromatic nitrogens is 4. The maximum atomic E-state index is 14.3. The summed E-state index contributed by atoms with van der Waals surface area (Å²) < 4.78 is 6.70. The fourth-order valence-electron chi connectivity index (χ4n) is 5.04. The number of tetrazole rings is 1. The SMILES string of the molecule is CC(=O)Nc1ccc(C(=O)N(C(=O)[C@H](N)c2ccccc2)C2C(=O)N3C(C(=O)O)=C(CSc4nnnn4C)CS[C@H]23)c(OC(C)=O)c1. The van der Waals surface area contributed by atoms with Gasteiger partial charge in [-0.25, -0.2) is 9.48 Å². The molecule has 16 nitrogen and oxygen atoms in total. The molecule has 2 aliphatic heterocycles. The summed E-state index contributed by atoms with van der Waals surface area (Å²) in [5.41, 5.74) is 6.81. The summed E-state index contributed by atoms with van der Waals surface area (Å²) in [6, 6.07) is 9.23. The molecule has 2 aliphatic rings. The molecule has 0 radical (unpaired) electrons. The number of ether oxygens (including phenoxy) is 1. The highest BCUT2D eigenvalue weighted by Gasteiger charge is 2.59. The normalized spacial score (nSPS) is 17.7. The van der Waals surface area contributed by atoms with Crippen molar-refractivity contribution in [2.75, 3.05) is 16.8 Å². The lowest BCUT2D eigenvalue weighted by molar-refractivity contribution is -0.157. The van der Waals surface area contributed by atoms with Crippen LogP contribution >= 0.6 is 23.5 Å². The summed E-state index contributed by atoms with van der Waals surface area (Å²) >= 11 is 2.37. The van der Waals surface area contributed by atoms with E-state index >= 15 is 0 Å². The number of fused-ring (bicyclic) bond motifs is 1. The fourth-order valence-corrected chi connectivity index (χ4v) is 7.42. The van der Waals surface area contributed by atoms with Crippen LogP contribution in [0.25, 0.3) is 0 Å². The van der Waals surface area contributed by atoms with Gasteiger partial charge in [-0.1, -0.05) is 42.1 Å². The van der Waals surface area contributed by atoms with Gasteiger partial charge in [-0.3, -0.25) is 33.8 Å². The van der Waals surface area contributed by atoms with E-state index in [1.54, 1.807) is 37.4 Å². The zero-order chi connectivity index (χ0) is 34.0. The second-order valence-corrected chi connectivity index (χ2v) is 12.4. The van der Waals surface area contributed by atoms with Crippen LogP contribution in [0, 0.1) is 0 Å². The number of hydrogen-bond acceptors (Lipinski definition) is 13. The first kappa shape index (κ1) is 33.3. The van der Waals surface area contributed by atoms with Gasteiger partial charge in [-0.2, -0.15) is 0 Å². The first-order valence-electron chi connectivity index (χ1n) is 13.9. The second-order valence-electron chi connectivity index (χ2n) is 10.4. The van der Waals surface area contributed by atoms with Crippen LogP contribution in [0.5, 0.6) is 5.75 Å². The van der Waals surface area contributed by atoms with E-state index in [9.17, 15) is 33.9 Å². The third kappa shape index (κ3) is 6.74.